The molecular weight excluding hydrogens is 536 g/mol. The Balaban J connectivity index is 1.27. The second-order valence-electron chi connectivity index (χ2n) is 14.1. The minimum Gasteiger partial charge on any atom is -0.473 e. The van der Waals surface area contributed by atoms with E-state index >= 15 is 0 Å². The summed E-state index contributed by atoms with van der Waals surface area (Å²) in [5.41, 5.74) is 6.60. The average Bonchev–Trinajstić information content (AvgIpc) is 3.37. The Morgan fingerprint density at radius 2 is 1.76 bits per heavy atom. The van der Waals surface area contributed by atoms with Crippen LogP contribution in [0.5, 0.6) is 5.88 Å². The summed E-state index contributed by atoms with van der Waals surface area (Å²) in [6.45, 7) is 10.1. The third kappa shape index (κ3) is 5.69. The summed E-state index contributed by atoms with van der Waals surface area (Å²) in [5, 5.41) is 0. The number of hydrogen-bond donors (Lipinski definition) is 1. The molecule has 3 fully saturated rings. The van der Waals surface area contributed by atoms with Gasteiger partial charge < -0.3 is 4.74 Å². The maximum absolute atomic E-state index is 6.97. The van der Waals surface area contributed by atoms with E-state index in [1.807, 2.05) is 0 Å². The molecule has 3 atom stereocenters. The summed E-state index contributed by atoms with van der Waals surface area (Å²) in [4.78, 5) is 14.0. The summed E-state index contributed by atoms with van der Waals surface area (Å²) in [6.07, 6.45) is 12.0. The minimum atomic E-state index is 0.0802. The van der Waals surface area contributed by atoms with E-state index in [0.29, 0.717) is 41.2 Å². The fraction of sp³-hybridized carbons (Fsp3) is 0.556. The van der Waals surface area contributed by atoms with E-state index in [9.17, 15) is 0 Å². The minimum absolute atomic E-state index is 0.0802. The summed E-state index contributed by atoms with van der Waals surface area (Å²) in [7, 11) is 0. The predicted octanol–water partition coefficient (Wildman–Crippen LogP) is 8.96. The van der Waals surface area contributed by atoms with Crippen LogP contribution >= 0.6 is 11.9 Å². The normalized spacial score (nSPS) is 25.6. The number of aryl methyl sites for hydroxylation is 2. The van der Waals surface area contributed by atoms with E-state index in [2.05, 4.69) is 85.8 Å². The van der Waals surface area contributed by atoms with Crippen LogP contribution in [-0.2, 0) is 0 Å². The molecule has 6 bridgehead atoms. The van der Waals surface area contributed by atoms with Crippen LogP contribution in [0.15, 0.2) is 53.4 Å². The van der Waals surface area contributed by atoms with Gasteiger partial charge in [0, 0.05) is 35.2 Å². The Labute approximate surface area is 256 Å². The van der Waals surface area contributed by atoms with Crippen molar-refractivity contribution in [2.24, 2.45) is 11.3 Å². The number of rotatable bonds is 4. The van der Waals surface area contributed by atoms with Gasteiger partial charge in [0.25, 0.3) is 0 Å². The lowest BCUT2D eigenvalue weighted by molar-refractivity contribution is -0.0339. The SMILES string of the molecule is Cc1cccc(C)c1-c1cc2nc(n1)NSc1cccc(c1)C1C[C@@H](CN(C3CC4(CCCC4)C3)[C@@H](CC(C)C)C1)O2. The third-order valence-corrected chi connectivity index (χ3v) is 11.3. The zero-order valence-electron chi connectivity index (χ0n) is 25.7. The van der Waals surface area contributed by atoms with Gasteiger partial charge in [-0.25, -0.2) is 4.98 Å². The van der Waals surface area contributed by atoms with Crippen molar-refractivity contribution in [3.05, 3.63) is 65.2 Å². The maximum atomic E-state index is 6.97. The van der Waals surface area contributed by atoms with Crippen molar-refractivity contribution in [2.45, 2.75) is 114 Å². The van der Waals surface area contributed by atoms with Crippen LogP contribution in [-0.4, -0.2) is 39.6 Å². The summed E-state index contributed by atoms with van der Waals surface area (Å²) in [5.74, 6) is 2.42. The van der Waals surface area contributed by atoms with Crippen LogP contribution in [0.1, 0.15) is 94.2 Å². The molecule has 7 rings (SSSR count). The highest BCUT2D eigenvalue weighted by Crippen LogP contribution is 2.56. The lowest BCUT2D eigenvalue weighted by Gasteiger charge is -2.53. The van der Waals surface area contributed by atoms with Gasteiger partial charge in [0.05, 0.1) is 5.69 Å². The number of fused-ring (bicyclic) bond motifs is 7. The Bertz CT molecular complexity index is 1410. The second kappa shape index (κ2) is 11.5. The van der Waals surface area contributed by atoms with Gasteiger partial charge in [0.15, 0.2) is 0 Å². The lowest BCUT2D eigenvalue weighted by atomic mass is 9.63. The van der Waals surface area contributed by atoms with Crippen LogP contribution < -0.4 is 9.46 Å². The van der Waals surface area contributed by atoms with Gasteiger partial charge in [-0.1, -0.05) is 57.0 Å². The van der Waals surface area contributed by atoms with Crippen molar-refractivity contribution >= 4 is 17.9 Å². The van der Waals surface area contributed by atoms with E-state index in [1.165, 1.54) is 78.5 Å². The lowest BCUT2D eigenvalue weighted by Crippen LogP contribution is -2.55. The first-order chi connectivity index (χ1) is 20.3. The topological polar surface area (TPSA) is 50.3 Å². The number of hydrogen-bond acceptors (Lipinski definition) is 6. The molecule has 6 heteroatoms. The molecule has 42 heavy (non-hydrogen) atoms. The van der Waals surface area contributed by atoms with Crippen LogP contribution in [0.25, 0.3) is 11.3 Å². The van der Waals surface area contributed by atoms with Crippen molar-refractivity contribution in [3.63, 3.8) is 0 Å². The van der Waals surface area contributed by atoms with Crippen molar-refractivity contribution in [3.8, 4) is 17.1 Å². The molecule has 1 unspecified atom stereocenters. The first-order valence-electron chi connectivity index (χ1n) is 16.2. The highest BCUT2D eigenvalue weighted by molar-refractivity contribution is 8.00. The zero-order valence-corrected chi connectivity index (χ0v) is 26.6. The molecule has 2 aromatic carbocycles. The van der Waals surface area contributed by atoms with E-state index in [1.54, 1.807) is 11.9 Å². The average molecular weight is 583 g/mol. The molecule has 1 spiro atoms. The number of likely N-dealkylation sites (tertiary alicyclic amines) is 1. The largest absolute Gasteiger partial charge is 0.473 e. The molecule has 4 aliphatic rings. The summed E-state index contributed by atoms with van der Waals surface area (Å²) in [6, 6.07) is 18.9. The van der Waals surface area contributed by atoms with Gasteiger partial charge in [-0.3, -0.25) is 9.62 Å². The molecule has 222 valence electrons. The van der Waals surface area contributed by atoms with Gasteiger partial charge in [0.1, 0.15) is 6.10 Å². The smallest absolute Gasteiger partial charge is 0.237 e. The van der Waals surface area contributed by atoms with E-state index in [4.69, 9.17) is 14.7 Å². The quantitative estimate of drug-likeness (QED) is 0.310. The molecule has 1 N–H and O–H groups in total. The number of ether oxygens (including phenoxy) is 1. The number of nitrogens with one attached hydrogen (secondary N) is 1. The second-order valence-corrected chi connectivity index (χ2v) is 15.0. The monoisotopic (exact) mass is 582 g/mol. The van der Waals surface area contributed by atoms with Crippen molar-refractivity contribution < 1.29 is 4.74 Å². The molecule has 0 amide bonds. The maximum Gasteiger partial charge on any atom is 0.237 e. The van der Waals surface area contributed by atoms with Crippen LogP contribution in [0.4, 0.5) is 5.95 Å². The first kappa shape index (κ1) is 28.2. The molecule has 2 saturated carbocycles. The molecular formula is C36H46N4OS. The highest BCUT2D eigenvalue weighted by atomic mass is 32.2. The molecule has 2 aliphatic carbocycles. The molecule has 5 nitrogen and oxygen atoms in total. The molecule has 0 radical (unpaired) electrons. The van der Waals surface area contributed by atoms with Gasteiger partial charge in [-0.15, -0.1) is 0 Å². The number of nitrogens with zero attached hydrogens (tertiary/aromatic N) is 3. The van der Waals surface area contributed by atoms with E-state index in [0.717, 1.165) is 18.7 Å². The van der Waals surface area contributed by atoms with Crippen molar-refractivity contribution in [1.29, 1.82) is 0 Å². The first-order valence-corrected chi connectivity index (χ1v) is 17.1. The summed E-state index contributed by atoms with van der Waals surface area (Å²) < 4.78 is 10.4. The number of aromatic nitrogens is 2. The fourth-order valence-electron chi connectivity index (χ4n) is 8.61. The zero-order chi connectivity index (χ0) is 28.8. The molecule has 2 aliphatic heterocycles. The van der Waals surface area contributed by atoms with Gasteiger partial charge in [-0.05, 0) is 117 Å². The van der Waals surface area contributed by atoms with Gasteiger partial charge in [-0.2, -0.15) is 4.98 Å². The van der Waals surface area contributed by atoms with Gasteiger partial charge >= 0.3 is 0 Å². The third-order valence-electron chi connectivity index (χ3n) is 10.5. The van der Waals surface area contributed by atoms with Crippen LogP contribution in [0, 0.1) is 25.2 Å². The Kier molecular flexibility index (Phi) is 7.72. The fourth-order valence-corrected chi connectivity index (χ4v) is 9.25. The standard InChI is InChI=1S/C36H46N4OS/c1-23(2)15-28-16-27-17-30(22-40(28)29-20-36(21-29)13-5-6-14-36)41-33-19-32(34-24(3)9-7-10-25(34)4)37-35(38-33)39-42-31-12-8-11-26(27)18-31/h7-12,18-19,23,27-30H,5-6,13-17,20-22H2,1-4H3,(H,37,38,39)/t27?,28-,30-/m0/s1. The van der Waals surface area contributed by atoms with Crippen molar-refractivity contribution in [2.75, 3.05) is 11.3 Å². The molecule has 1 aromatic heterocycles. The molecule has 3 heterocycles. The number of anilines is 1. The number of benzene rings is 2. The molecule has 1 saturated heterocycles. The summed E-state index contributed by atoms with van der Waals surface area (Å²) >= 11 is 1.59. The Morgan fingerprint density at radius 3 is 2.52 bits per heavy atom. The van der Waals surface area contributed by atoms with E-state index < -0.39 is 0 Å². The van der Waals surface area contributed by atoms with E-state index in [-0.39, 0.29) is 6.10 Å². The Morgan fingerprint density at radius 1 is 1.00 bits per heavy atom. The highest BCUT2D eigenvalue weighted by Gasteiger charge is 2.50. The van der Waals surface area contributed by atoms with Gasteiger partial charge in [0.2, 0.25) is 11.8 Å². The van der Waals surface area contributed by atoms with Crippen LogP contribution in [0.2, 0.25) is 0 Å². The van der Waals surface area contributed by atoms with Crippen LogP contribution in [0.3, 0.4) is 0 Å². The molecule has 3 aromatic rings. The Hall–Kier alpha value is -2.57. The predicted molar refractivity (Wildman–Crippen MR) is 173 cm³/mol. The van der Waals surface area contributed by atoms with Crippen molar-refractivity contribution in [1.82, 2.24) is 14.9 Å².